The lowest BCUT2D eigenvalue weighted by Gasteiger charge is -2.24. The number of nitrogens with one attached hydrogen (secondary N) is 1. The van der Waals surface area contributed by atoms with E-state index in [2.05, 4.69) is 5.32 Å². The summed E-state index contributed by atoms with van der Waals surface area (Å²) < 4.78 is 5.17. The standard InChI is InChI=1S/C13H23NO2/c1-13(2,16-3)12(15)14-8-11(9-4-5-9)10-6-7-10/h9-11H,4-8H2,1-3H3,(H,14,15). The molecule has 2 fully saturated rings. The van der Waals surface area contributed by atoms with Crippen molar-refractivity contribution in [3.05, 3.63) is 0 Å². The summed E-state index contributed by atoms with van der Waals surface area (Å²) >= 11 is 0. The summed E-state index contributed by atoms with van der Waals surface area (Å²) in [5.41, 5.74) is -0.697. The highest BCUT2D eigenvalue weighted by atomic mass is 16.5. The van der Waals surface area contributed by atoms with Crippen LogP contribution in [0.2, 0.25) is 0 Å². The van der Waals surface area contributed by atoms with Crippen LogP contribution in [0.4, 0.5) is 0 Å². The Labute approximate surface area is 97.9 Å². The first-order valence-corrected chi connectivity index (χ1v) is 6.38. The third-order valence-corrected chi connectivity index (χ3v) is 4.01. The summed E-state index contributed by atoms with van der Waals surface area (Å²) in [6.07, 6.45) is 5.46. The van der Waals surface area contributed by atoms with Gasteiger partial charge in [-0.2, -0.15) is 0 Å². The highest BCUT2D eigenvalue weighted by Gasteiger charge is 2.41. The Hall–Kier alpha value is -0.570. The molecule has 1 amide bonds. The van der Waals surface area contributed by atoms with Gasteiger partial charge in [0.2, 0.25) is 0 Å². The summed E-state index contributed by atoms with van der Waals surface area (Å²) in [6.45, 7) is 4.47. The van der Waals surface area contributed by atoms with Crippen molar-refractivity contribution < 1.29 is 9.53 Å². The minimum atomic E-state index is -0.697. The molecule has 0 spiro atoms. The number of carbonyl (C=O) groups excluding carboxylic acids is 1. The van der Waals surface area contributed by atoms with Crippen LogP contribution in [0, 0.1) is 17.8 Å². The maximum atomic E-state index is 11.9. The molecule has 2 rings (SSSR count). The Kier molecular flexibility index (Phi) is 3.24. The van der Waals surface area contributed by atoms with Crippen molar-refractivity contribution in [2.45, 2.75) is 45.1 Å². The maximum absolute atomic E-state index is 11.9. The molecule has 92 valence electrons. The van der Waals surface area contributed by atoms with Crippen molar-refractivity contribution in [3.8, 4) is 0 Å². The van der Waals surface area contributed by atoms with Crippen LogP contribution in [0.25, 0.3) is 0 Å². The number of ether oxygens (including phenoxy) is 1. The van der Waals surface area contributed by atoms with Gasteiger partial charge >= 0.3 is 0 Å². The molecule has 3 heteroatoms. The van der Waals surface area contributed by atoms with E-state index in [0.717, 1.165) is 24.3 Å². The molecular formula is C13H23NO2. The number of methoxy groups -OCH3 is 1. The zero-order chi connectivity index (χ0) is 11.8. The van der Waals surface area contributed by atoms with E-state index in [1.807, 2.05) is 13.8 Å². The van der Waals surface area contributed by atoms with E-state index < -0.39 is 5.60 Å². The highest BCUT2D eigenvalue weighted by Crippen LogP contribution is 2.48. The van der Waals surface area contributed by atoms with Crippen LogP contribution in [-0.4, -0.2) is 25.2 Å². The second kappa shape index (κ2) is 4.36. The number of amides is 1. The van der Waals surface area contributed by atoms with Gasteiger partial charge in [-0.25, -0.2) is 0 Å². The van der Waals surface area contributed by atoms with E-state index in [-0.39, 0.29) is 5.91 Å². The molecule has 2 saturated carbocycles. The molecule has 2 aliphatic rings. The summed E-state index contributed by atoms with van der Waals surface area (Å²) in [5, 5.41) is 3.05. The van der Waals surface area contributed by atoms with Gasteiger partial charge in [-0.3, -0.25) is 4.79 Å². The number of carbonyl (C=O) groups is 1. The normalized spacial score (nSPS) is 21.2. The van der Waals surface area contributed by atoms with E-state index in [1.165, 1.54) is 25.7 Å². The van der Waals surface area contributed by atoms with Crippen molar-refractivity contribution >= 4 is 5.91 Å². The first-order chi connectivity index (χ1) is 7.54. The molecule has 0 bridgehead atoms. The molecule has 0 saturated heterocycles. The largest absolute Gasteiger partial charge is 0.369 e. The van der Waals surface area contributed by atoms with Crippen molar-refractivity contribution in [1.82, 2.24) is 5.32 Å². The topological polar surface area (TPSA) is 38.3 Å². The van der Waals surface area contributed by atoms with Crippen molar-refractivity contribution in [1.29, 1.82) is 0 Å². The predicted molar refractivity (Wildman–Crippen MR) is 63.0 cm³/mol. The zero-order valence-corrected chi connectivity index (χ0v) is 10.6. The number of hydrogen-bond donors (Lipinski definition) is 1. The summed E-state index contributed by atoms with van der Waals surface area (Å²) in [6, 6.07) is 0. The van der Waals surface area contributed by atoms with E-state index in [9.17, 15) is 4.79 Å². The van der Waals surface area contributed by atoms with E-state index >= 15 is 0 Å². The van der Waals surface area contributed by atoms with Gasteiger partial charge in [0.1, 0.15) is 5.60 Å². The van der Waals surface area contributed by atoms with Crippen molar-refractivity contribution in [3.63, 3.8) is 0 Å². The summed E-state index contributed by atoms with van der Waals surface area (Å²) in [7, 11) is 1.58. The fourth-order valence-corrected chi connectivity index (χ4v) is 2.28. The van der Waals surface area contributed by atoms with Crippen LogP contribution in [-0.2, 0) is 9.53 Å². The van der Waals surface area contributed by atoms with Crippen LogP contribution >= 0.6 is 0 Å². The number of hydrogen-bond acceptors (Lipinski definition) is 2. The minimum Gasteiger partial charge on any atom is -0.369 e. The molecule has 16 heavy (non-hydrogen) atoms. The Morgan fingerprint density at radius 3 is 2.19 bits per heavy atom. The molecular weight excluding hydrogens is 202 g/mol. The van der Waals surface area contributed by atoms with Gasteiger partial charge in [-0.15, -0.1) is 0 Å². The first kappa shape index (κ1) is 11.9. The lowest BCUT2D eigenvalue weighted by atomic mass is 9.97. The van der Waals surface area contributed by atoms with Crippen LogP contribution in [0.1, 0.15) is 39.5 Å². The number of rotatable bonds is 6. The zero-order valence-electron chi connectivity index (χ0n) is 10.6. The lowest BCUT2D eigenvalue weighted by Crippen LogP contribution is -2.45. The quantitative estimate of drug-likeness (QED) is 0.750. The van der Waals surface area contributed by atoms with Crippen LogP contribution in [0.15, 0.2) is 0 Å². The van der Waals surface area contributed by atoms with Gasteiger partial charge in [-0.1, -0.05) is 0 Å². The molecule has 0 aromatic heterocycles. The third-order valence-electron chi connectivity index (χ3n) is 4.01. The molecule has 0 unspecified atom stereocenters. The average Bonchev–Trinajstić information content (AvgIpc) is 3.10. The fraction of sp³-hybridized carbons (Fsp3) is 0.923. The Bertz CT molecular complexity index is 255. The predicted octanol–water partition coefficient (Wildman–Crippen LogP) is 1.96. The molecule has 0 radical (unpaired) electrons. The maximum Gasteiger partial charge on any atom is 0.251 e. The molecule has 3 nitrogen and oxygen atoms in total. The highest BCUT2D eigenvalue weighted by molar-refractivity contribution is 5.84. The molecule has 0 aromatic rings. The first-order valence-electron chi connectivity index (χ1n) is 6.38. The van der Waals surface area contributed by atoms with Gasteiger partial charge in [0, 0.05) is 13.7 Å². The second-order valence-electron chi connectivity index (χ2n) is 5.76. The van der Waals surface area contributed by atoms with Crippen LogP contribution in [0.5, 0.6) is 0 Å². The van der Waals surface area contributed by atoms with Crippen molar-refractivity contribution in [2.75, 3.05) is 13.7 Å². The summed E-state index contributed by atoms with van der Waals surface area (Å²) in [4.78, 5) is 11.9. The SMILES string of the molecule is COC(C)(C)C(=O)NCC(C1CC1)C1CC1. The van der Waals surface area contributed by atoms with Crippen LogP contribution < -0.4 is 5.32 Å². The smallest absolute Gasteiger partial charge is 0.251 e. The molecule has 2 aliphatic carbocycles. The minimum absolute atomic E-state index is 0.0151. The van der Waals surface area contributed by atoms with Gasteiger partial charge < -0.3 is 10.1 Å². The molecule has 0 aliphatic heterocycles. The summed E-state index contributed by atoms with van der Waals surface area (Å²) in [5.74, 6) is 2.52. The Balaban J connectivity index is 1.78. The monoisotopic (exact) mass is 225 g/mol. The average molecular weight is 225 g/mol. The van der Waals surface area contributed by atoms with Gasteiger partial charge in [0.25, 0.3) is 5.91 Å². The fourth-order valence-electron chi connectivity index (χ4n) is 2.28. The van der Waals surface area contributed by atoms with E-state index in [0.29, 0.717) is 0 Å². The van der Waals surface area contributed by atoms with Gasteiger partial charge in [-0.05, 0) is 57.3 Å². The lowest BCUT2D eigenvalue weighted by molar-refractivity contribution is -0.139. The van der Waals surface area contributed by atoms with Gasteiger partial charge in [0.05, 0.1) is 0 Å². The molecule has 1 N–H and O–H groups in total. The van der Waals surface area contributed by atoms with Crippen molar-refractivity contribution in [2.24, 2.45) is 17.8 Å². The Morgan fingerprint density at radius 2 is 1.81 bits per heavy atom. The van der Waals surface area contributed by atoms with Gasteiger partial charge in [0.15, 0.2) is 0 Å². The van der Waals surface area contributed by atoms with Crippen LogP contribution in [0.3, 0.4) is 0 Å². The Morgan fingerprint density at radius 1 is 1.31 bits per heavy atom. The molecule has 0 atom stereocenters. The molecule has 0 heterocycles. The van der Waals surface area contributed by atoms with E-state index in [1.54, 1.807) is 7.11 Å². The molecule has 0 aromatic carbocycles. The third kappa shape index (κ3) is 2.76. The van der Waals surface area contributed by atoms with E-state index in [4.69, 9.17) is 4.74 Å². The second-order valence-corrected chi connectivity index (χ2v) is 5.76.